The summed E-state index contributed by atoms with van der Waals surface area (Å²) in [4.78, 5) is 10.8. The maximum absolute atomic E-state index is 13.3. The van der Waals surface area contributed by atoms with Crippen LogP contribution in [-0.4, -0.2) is 37.3 Å². The third kappa shape index (κ3) is 9.15. The first-order chi connectivity index (χ1) is 18.8. The lowest BCUT2D eigenvalue weighted by Gasteiger charge is -2.25. The van der Waals surface area contributed by atoms with E-state index >= 15 is 0 Å². The van der Waals surface area contributed by atoms with E-state index in [-0.39, 0.29) is 13.0 Å². The Morgan fingerprint density at radius 1 is 1.08 bits per heavy atom. The molecule has 0 aliphatic heterocycles. The molecular formula is C32H40F2N2O3. The first-order valence-corrected chi connectivity index (χ1v) is 13.6. The van der Waals surface area contributed by atoms with Gasteiger partial charge in [-0.25, -0.2) is 8.78 Å². The van der Waals surface area contributed by atoms with Crippen molar-refractivity contribution in [3.8, 4) is 5.75 Å². The average Bonchev–Trinajstić information content (AvgIpc) is 2.92. The Morgan fingerprint density at radius 2 is 1.82 bits per heavy atom. The molecule has 3 atom stereocenters. The number of aliphatic hydroxyl groups is 1. The summed E-state index contributed by atoms with van der Waals surface area (Å²) in [5, 5.41) is 15.9. The number of fused-ring (bicyclic) bond motifs is 1. The van der Waals surface area contributed by atoms with Crippen LogP contribution in [0.5, 0.6) is 5.75 Å². The molecule has 3 aromatic carbocycles. The van der Waals surface area contributed by atoms with Crippen LogP contribution in [0.25, 0.3) is 0 Å². The van der Waals surface area contributed by atoms with E-state index in [9.17, 15) is 18.7 Å². The van der Waals surface area contributed by atoms with Crippen LogP contribution in [0.1, 0.15) is 59.9 Å². The third-order valence-corrected chi connectivity index (χ3v) is 7.19. The van der Waals surface area contributed by atoms with Crippen molar-refractivity contribution in [3.05, 3.63) is 100 Å². The molecule has 1 amide bonds. The summed E-state index contributed by atoms with van der Waals surface area (Å²) < 4.78 is 32.0. The second-order valence-corrected chi connectivity index (χ2v) is 10.1. The number of hydrogen-bond acceptors (Lipinski definition) is 4. The molecular weight excluding hydrogens is 498 g/mol. The van der Waals surface area contributed by atoms with Gasteiger partial charge in [-0.15, -0.1) is 0 Å². The molecule has 5 nitrogen and oxygen atoms in total. The monoisotopic (exact) mass is 538 g/mol. The highest BCUT2D eigenvalue weighted by Crippen LogP contribution is 2.37. The van der Waals surface area contributed by atoms with Crippen LogP contribution in [0, 0.1) is 18.6 Å². The summed E-state index contributed by atoms with van der Waals surface area (Å²) >= 11 is 0. The number of rotatable bonds is 11. The van der Waals surface area contributed by atoms with Gasteiger partial charge in [-0.2, -0.15) is 0 Å². The quantitative estimate of drug-likeness (QED) is 0.278. The molecule has 39 heavy (non-hydrogen) atoms. The van der Waals surface area contributed by atoms with Gasteiger partial charge in [-0.3, -0.25) is 4.79 Å². The van der Waals surface area contributed by atoms with Gasteiger partial charge in [0, 0.05) is 19.2 Å². The molecule has 0 bridgehead atoms. The topological polar surface area (TPSA) is 70.6 Å². The first kappa shape index (κ1) is 30.3. The standard InChI is InChI=1S/C19H22F2N2O2.C13H18O/c1-13-3-2-4-14(5-13)10-22-11-19(25)18(23-12-24)8-15-6-16(20)9-17(21)7-15;1-3-10-6-4-8-12-11(10)7-5-9-13(12)14-2/h2-7,9,12,18-19,22,25H,8,10-11H2,1H3,(H,23,24);5,7,9-10H,3-4,6,8H2,1-2H3/t18-,19+;/m0./s1. The van der Waals surface area contributed by atoms with Crippen LogP contribution >= 0.6 is 0 Å². The van der Waals surface area contributed by atoms with Crippen molar-refractivity contribution < 1.29 is 23.4 Å². The fourth-order valence-corrected chi connectivity index (χ4v) is 5.23. The molecule has 3 aromatic rings. The highest BCUT2D eigenvalue weighted by atomic mass is 19.1. The number of amides is 1. The lowest BCUT2D eigenvalue weighted by atomic mass is 9.81. The van der Waals surface area contributed by atoms with Crippen molar-refractivity contribution in [3.63, 3.8) is 0 Å². The summed E-state index contributed by atoms with van der Waals surface area (Å²) in [5.74, 6) is 0.466. The highest BCUT2D eigenvalue weighted by molar-refractivity contribution is 5.47. The number of ether oxygens (including phenoxy) is 1. The maximum atomic E-state index is 13.3. The zero-order valence-corrected chi connectivity index (χ0v) is 23.1. The summed E-state index contributed by atoms with van der Waals surface area (Å²) in [6, 6.07) is 16.9. The van der Waals surface area contributed by atoms with Gasteiger partial charge < -0.3 is 20.5 Å². The number of benzene rings is 3. The Balaban J connectivity index is 0.000000252. The van der Waals surface area contributed by atoms with Gasteiger partial charge in [-0.05, 0) is 85.4 Å². The van der Waals surface area contributed by atoms with E-state index in [0.29, 0.717) is 18.5 Å². The summed E-state index contributed by atoms with van der Waals surface area (Å²) in [6.07, 6.45) is 4.80. The Morgan fingerprint density at radius 3 is 2.49 bits per heavy atom. The second kappa shape index (κ2) is 15.3. The molecule has 210 valence electrons. The minimum Gasteiger partial charge on any atom is -0.496 e. The Hall–Kier alpha value is -3.29. The molecule has 4 rings (SSSR count). The molecule has 0 spiro atoms. The van der Waals surface area contributed by atoms with Gasteiger partial charge in [0.05, 0.1) is 19.3 Å². The number of carbonyl (C=O) groups excluding carboxylic acids is 1. The van der Waals surface area contributed by atoms with E-state index < -0.39 is 23.8 Å². The fourth-order valence-electron chi connectivity index (χ4n) is 5.23. The van der Waals surface area contributed by atoms with Gasteiger partial charge >= 0.3 is 0 Å². The average molecular weight is 539 g/mol. The third-order valence-electron chi connectivity index (χ3n) is 7.19. The van der Waals surface area contributed by atoms with E-state index in [0.717, 1.165) is 28.9 Å². The Kier molecular flexibility index (Phi) is 11.9. The molecule has 0 saturated carbocycles. The van der Waals surface area contributed by atoms with Crippen LogP contribution in [0.3, 0.4) is 0 Å². The number of carbonyl (C=O) groups is 1. The zero-order valence-electron chi connectivity index (χ0n) is 23.1. The van der Waals surface area contributed by atoms with E-state index in [1.807, 2.05) is 31.2 Å². The van der Waals surface area contributed by atoms with Crippen LogP contribution in [0.15, 0.2) is 60.7 Å². The minimum absolute atomic E-state index is 0.126. The van der Waals surface area contributed by atoms with Gasteiger partial charge in [0.15, 0.2) is 0 Å². The van der Waals surface area contributed by atoms with E-state index in [4.69, 9.17) is 4.74 Å². The largest absolute Gasteiger partial charge is 0.496 e. The normalized spacial score (nSPS) is 15.8. The number of aryl methyl sites for hydroxylation is 1. The number of aliphatic hydroxyl groups excluding tert-OH is 1. The minimum atomic E-state index is -0.902. The lowest BCUT2D eigenvalue weighted by Crippen LogP contribution is -2.45. The molecule has 7 heteroatoms. The zero-order chi connectivity index (χ0) is 28.2. The van der Waals surface area contributed by atoms with Crippen LogP contribution in [0.4, 0.5) is 8.78 Å². The number of halogens is 2. The van der Waals surface area contributed by atoms with E-state index in [1.54, 1.807) is 7.11 Å². The van der Waals surface area contributed by atoms with Crippen molar-refractivity contribution in [2.75, 3.05) is 13.7 Å². The first-order valence-electron chi connectivity index (χ1n) is 13.6. The molecule has 1 unspecified atom stereocenters. The molecule has 0 radical (unpaired) electrons. The Labute approximate surface area is 230 Å². The van der Waals surface area contributed by atoms with Crippen molar-refractivity contribution >= 4 is 6.41 Å². The lowest BCUT2D eigenvalue weighted by molar-refractivity contribution is -0.110. The Bertz CT molecular complexity index is 1180. The molecule has 0 aromatic heterocycles. The highest BCUT2D eigenvalue weighted by Gasteiger charge is 2.21. The summed E-state index contributed by atoms with van der Waals surface area (Å²) in [6.45, 7) is 5.08. The predicted molar refractivity (Wildman–Crippen MR) is 151 cm³/mol. The summed E-state index contributed by atoms with van der Waals surface area (Å²) in [7, 11) is 1.77. The van der Waals surface area contributed by atoms with Gasteiger partial charge in [0.2, 0.25) is 6.41 Å². The molecule has 3 N–H and O–H groups in total. The van der Waals surface area contributed by atoms with Crippen LogP contribution < -0.4 is 15.4 Å². The van der Waals surface area contributed by atoms with E-state index in [2.05, 4.69) is 35.8 Å². The van der Waals surface area contributed by atoms with Gasteiger partial charge in [0.25, 0.3) is 0 Å². The number of methoxy groups -OCH3 is 1. The molecule has 1 aliphatic rings. The van der Waals surface area contributed by atoms with Gasteiger partial charge in [-0.1, -0.05) is 48.9 Å². The van der Waals surface area contributed by atoms with Crippen LogP contribution in [-0.2, 0) is 24.2 Å². The van der Waals surface area contributed by atoms with Crippen LogP contribution in [0.2, 0.25) is 0 Å². The van der Waals surface area contributed by atoms with Crippen molar-refractivity contribution in [2.24, 2.45) is 0 Å². The summed E-state index contributed by atoms with van der Waals surface area (Å²) in [5.41, 5.74) is 5.58. The molecule has 0 heterocycles. The molecule has 0 fully saturated rings. The SMILES string of the molecule is CCC1CCCc2c(OC)cccc21.Cc1cccc(CNC[C@@H](O)[C@H](Cc2cc(F)cc(F)c2)NC=O)c1. The van der Waals surface area contributed by atoms with Crippen molar-refractivity contribution in [1.29, 1.82) is 0 Å². The van der Waals surface area contributed by atoms with E-state index in [1.165, 1.54) is 48.9 Å². The number of hydrogen-bond donors (Lipinski definition) is 3. The number of nitrogens with one attached hydrogen (secondary N) is 2. The van der Waals surface area contributed by atoms with Crippen molar-refractivity contribution in [2.45, 2.75) is 70.6 Å². The van der Waals surface area contributed by atoms with Crippen molar-refractivity contribution in [1.82, 2.24) is 10.6 Å². The second-order valence-electron chi connectivity index (χ2n) is 10.1. The predicted octanol–water partition coefficient (Wildman–Crippen LogP) is 5.61. The molecule has 0 saturated heterocycles. The molecule has 1 aliphatic carbocycles. The fraction of sp³-hybridized carbons (Fsp3) is 0.406. The van der Waals surface area contributed by atoms with Gasteiger partial charge in [0.1, 0.15) is 17.4 Å². The smallest absolute Gasteiger partial charge is 0.207 e. The maximum Gasteiger partial charge on any atom is 0.207 e.